The Morgan fingerprint density at radius 3 is 2.89 bits per heavy atom. The molecule has 0 aliphatic rings. The van der Waals surface area contributed by atoms with Crippen molar-refractivity contribution in [2.24, 2.45) is 0 Å². The Kier molecular flexibility index (Phi) is 5.38. The number of halogens is 1. The smallest absolute Gasteiger partial charge is 0.174 e. The lowest BCUT2D eigenvalue weighted by atomic mass is 10.1. The Morgan fingerprint density at radius 1 is 1.47 bits per heavy atom. The molecule has 0 aliphatic carbocycles. The first-order valence-electron chi connectivity index (χ1n) is 6.11. The molecule has 1 atom stereocenters. The van der Waals surface area contributed by atoms with Crippen molar-refractivity contribution >= 4 is 39.2 Å². The van der Waals surface area contributed by atoms with E-state index in [2.05, 4.69) is 62.7 Å². The second-order valence-corrected chi connectivity index (χ2v) is 7.13. The van der Waals surface area contributed by atoms with Gasteiger partial charge in [-0.3, -0.25) is 0 Å². The molecule has 1 unspecified atom stereocenters. The van der Waals surface area contributed by atoms with Gasteiger partial charge in [-0.05, 0) is 49.6 Å². The van der Waals surface area contributed by atoms with Gasteiger partial charge in [-0.1, -0.05) is 40.7 Å². The fourth-order valence-corrected chi connectivity index (χ4v) is 4.17. The van der Waals surface area contributed by atoms with Gasteiger partial charge in [-0.2, -0.15) is 4.37 Å². The van der Waals surface area contributed by atoms with E-state index < -0.39 is 0 Å². The fourth-order valence-electron chi connectivity index (χ4n) is 1.78. The van der Waals surface area contributed by atoms with Crippen molar-refractivity contribution < 1.29 is 0 Å². The maximum atomic E-state index is 4.42. The van der Waals surface area contributed by atoms with Crippen molar-refractivity contribution in [3.05, 3.63) is 34.1 Å². The molecule has 102 valence electrons. The SMILES string of the molecule is CCNC(C)c1ccc(Br)cc1Sc1nc(C)ns1. The van der Waals surface area contributed by atoms with Crippen LogP contribution in [0.15, 0.2) is 31.9 Å². The Labute approximate surface area is 130 Å². The van der Waals surface area contributed by atoms with E-state index >= 15 is 0 Å². The largest absolute Gasteiger partial charge is 0.310 e. The van der Waals surface area contributed by atoms with E-state index in [1.54, 1.807) is 11.8 Å². The van der Waals surface area contributed by atoms with Crippen LogP contribution >= 0.6 is 39.2 Å². The van der Waals surface area contributed by atoms with Gasteiger partial charge < -0.3 is 5.32 Å². The van der Waals surface area contributed by atoms with Crippen LogP contribution in [-0.4, -0.2) is 15.9 Å². The Hall–Kier alpha value is -0.430. The molecule has 0 amide bonds. The summed E-state index contributed by atoms with van der Waals surface area (Å²) < 4.78 is 6.30. The van der Waals surface area contributed by atoms with Crippen LogP contribution in [0.25, 0.3) is 0 Å². The van der Waals surface area contributed by atoms with E-state index in [4.69, 9.17) is 0 Å². The molecule has 2 aromatic rings. The van der Waals surface area contributed by atoms with Crippen LogP contribution in [0, 0.1) is 6.92 Å². The quantitative estimate of drug-likeness (QED) is 0.858. The van der Waals surface area contributed by atoms with E-state index in [-0.39, 0.29) is 0 Å². The molecule has 1 N–H and O–H groups in total. The van der Waals surface area contributed by atoms with Crippen LogP contribution in [0.2, 0.25) is 0 Å². The molecule has 0 spiro atoms. The molecule has 0 aliphatic heterocycles. The molecule has 1 heterocycles. The molecule has 19 heavy (non-hydrogen) atoms. The summed E-state index contributed by atoms with van der Waals surface area (Å²) in [6.07, 6.45) is 0. The molecule has 0 fully saturated rings. The standard InChI is InChI=1S/C13H16BrN3S2/c1-4-15-8(2)11-6-5-10(14)7-12(11)18-13-16-9(3)17-19-13/h5-8,15H,4H2,1-3H3. The summed E-state index contributed by atoms with van der Waals surface area (Å²) >= 11 is 6.67. The lowest BCUT2D eigenvalue weighted by molar-refractivity contribution is 0.589. The molecule has 0 radical (unpaired) electrons. The molecular weight excluding hydrogens is 342 g/mol. The van der Waals surface area contributed by atoms with Gasteiger partial charge in [0.2, 0.25) is 0 Å². The first-order valence-corrected chi connectivity index (χ1v) is 8.49. The molecule has 1 aromatic carbocycles. The van der Waals surface area contributed by atoms with E-state index in [9.17, 15) is 0 Å². The Morgan fingerprint density at radius 2 is 2.26 bits per heavy atom. The number of hydrogen-bond acceptors (Lipinski definition) is 5. The number of benzene rings is 1. The molecule has 0 saturated carbocycles. The Balaban J connectivity index is 2.29. The van der Waals surface area contributed by atoms with Gasteiger partial charge in [0.15, 0.2) is 4.34 Å². The summed E-state index contributed by atoms with van der Waals surface area (Å²) in [5.74, 6) is 0.837. The zero-order valence-corrected chi connectivity index (χ0v) is 14.3. The topological polar surface area (TPSA) is 37.8 Å². The van der Waals surface area contributed by atoms with Crippen molar-refractivity contribution in [3.8, 4) is 0 Å². The predicted octanol–water partition coefficient (Wildman–Crippen LogP) is 4.43. The minimum atomic E-state index is 0.328. The summed E-state index contributed by atoms with van der Waals surface area (Å²) in [4.78, 5) is 5.64. The van der Waals surface area contributed by atoms with Crippen molar-refractivity contribution in [1.82, 2.24) is 14.7 Å². The summed E-state index contributed by atoms with van der Waals surface area (Å²) in [7, 11) is 0. The highest BCUT2D eigenvalue weighted by molar-refractivity contribution is 9.10. The van der Waals surface area contributed by atoms with Gasteiger partial charge >= 0.3 is 0 Å². The number of rotatable bonds is 5. The second-order valence-electron chi connectivity index (χ2n) is 4.17. The van der Waals surface area contributed by atoms with Crippen molar-refractivity contribution in [2.75, 3.05) is 6.54 Å². The van der Waals surface area contributed by atoms with E-state index in [1.807, 2.05) is 6.92 Å². The highest BCUT2D eigenvalue weighted by Gasteiger charge is 2.13. The average molecular weight is 358 g/mol. The normalized spacial score (nSPS) is 12.6. The minimum absolute atomic E-state index is 0.328. The first-order chi connectivity index (χ1) is 9.10. The van der Waals surface area contributed by atoms with Crippen molar-refractivity contribution in [2.45, 2.75) is 36.0 Å². The number of nitrogens with zero attached hydrogens (tertiary/aromatic N) is 2. The van der Waals surface area contributed by atoms with Crippen LogP contribution < -0.4 is 5.32 Å². The number of hydrogen-bond donors (Lipinski definition) is 1. The van der Waals surface area contributed by atoms with Crippen molar-refractivity contribution in [3.63, 3.8) is 0 Å². The zero-order chi connectivity index (χ0) is 13.8. The molecule has 2 rings (SSSR count). The predicted molar refractivity (Wildman–Crippen MR) is 85.0 cm³/mol. The highest BCUT2D eigenvalue weighted by atomic mass is 79.9. The van der Waals surface area contributed by atoms with Crippen LogP contribution in [-0.2, 0) is 0 Å². The van der Waals surface area contributed by atoms with Gasteiger partial charge in [0, 0.05) is 15.4 Å². The fraction of sp³-hybridized carbons (Fsp3) is 0.385. The molecule has 3 nitrogen and oxygen atoms in total. The molecule has 6 heteroatoms. The average Bonchev–Trinajstić information content (AvgIpc) is 2.75. The monoisotopic (exact) mass is 357 g/mol. The molecule has 1 aromatic heterocycles. The summed E-state index contributed by atoms with van der Waals surface area (Å²) in [6, 6.07) is 6.71. The van der Waals surface area contributed by atoms with E-state index in [0.29, 0.717) is 6.04 Å². The third-order valence-electron chi connectivity index (χ3n) is 2.66. The number of aromatic nitrogens is 2. The van der Waals surface area contributed by atoms with Crippen molar-refractivity contribution in [1.29, 1.82) is 0 Å². The maximum Gasteiger partial charge on any atom is 0.174 e. The summed E-state index contributed by atoms with van der Waals surface area (Å²) in [5.41, 5.74) is 1.29. The van der Waals surface area contributed by atoms with Crippen LogP contribution in [0.4, 0.5) is 0 Å². The van der Waals surface area contributed by atoms with Gasteiger partial charge in [-0.25, -0.2) is 4.98 Å². The van der Waals surface area contributed by atoms with Crippen LogP contribution in [0.5, 0.6) is 0 Å². The summed E-state index contributed by atoms with van der Waals surface area (Å²) in [5, 5.41) is 3.45. The van der Waals surface area contributed by atoms with E-state index in [0.717, 1.165) is 21.2 Å². The number of aryl methyl sites for hydroxylation is 1. The first kappa shape index (κ1) is 15.0. The molecule has 0 bridgehead atoms. The lowest BCUT2D eigenvalue weighted by Gasteiger charge is -2.16. The van der Waals surface area contributed by atoms with Gasteiger partial charge in [0.05, 0.1) is 0 Å². The molecular formula is C13H16BrN3S2. The summed E-state index contributed by atoms with van der Waals surface area (Å²) in [6.45, 7) is 7.18. The third kappa shape index (κ3) is 4.02. The Bertz CT molecular complexity index is 557. The minimum Gasteiger partial charge on any atom is -0.310 e. The second kappa shape index (κ2) is 6.83. The number of nitrogens with one attached hydrogen (secondary N) is 1. The van der Waals surface area contributed by atoms with Crippen LogP contribution in [0.1, 0.15) is 31.3 Å². The van der Waals surface area contributed by atoms with Gasteiger partial charge in [0.25, 0.3) is 0 Å². The zero-order valence-electron chi connectivity index (χ0n) is 11.1. The third-order valence-corrected chi connectivity index (χ3v) is 5.07. The maximum absolute atomic E-state index is 4.42. The van der Waals surface area contributed by atoms with Gasteiger partial charge in [0.1, 0.15) is 5.82 Å². The van der Waals surface area contributed by atoms with Crippen LogP contribution in [0.3, 0.4) is 0 Å². The van der Waals surface area contributed by atoms with E-state index in [1.165, 1.54) is 22.0 Å². The molecule has 0 saturated heterocycles. The lowest BCUT2D eigenvalue weighted by Crippen LogP contribution is -2.18. The van der Waals surface area contributed by atoms with Gasteiger partial charge in [-0.15, -0.1) is 0 Å². The highest BCUT2D eigenvalue weighted by Crippen LogP contribution is 2.35.